The number of ketones is 1. The fraction of sp³-hybridized carbons (Fsp3) is 0.667. The van der Waals surface area contributed by atoms with Gasteiger partial charge in [0.15, 0.2) is 0 Å². The number of ether oxygens (including phenoxy) is 1. The zero-order valence-electron chi connectivity index (χ0n) is 7.96. The van der Waals surface area contributed by atoms with Crippen molar-refractivity contribution >= 4 is 5.78 Å². The van der Waals surface area contributed by atoms with Crippen LogP contribution in [0.5, 0.6) is 0 Å². The molecule has 0 amide bonds. The molecule has 2 N–H and O–H groups in total. The fourth-order valence-electron chi connectivity index (χ4n) is 0.813. The van der Waals surface area contributed by atoms with E-state index in [0.29, 0.717) is 12.4 Å². The van der Waals surface area contributed by atoms with Gasteiger partial charge in [-0.25, -0.2) is 0 Å². The van der Waals surface area contributed by atoms with Crippen molar-refractivity contribution in [3.8, 4) is 0 Å². The molecule has 3 heteroatoms. The number of nitrogens with two attached hydrogens (primary N) is 1. The lowest BCUT2D eigenvalue weighted by atomic mass is 9.98. The first-order valence-corrected chi connectivity index (χ1v) is 4.08. The summed E-state index contributed by atoms with van der Waals surface area (Å²) in [6.45, 7) is 9.34. The largest absolute Gasteiger partial charge is 0.497 e. The minimum Gasteiger partial charge on any atom is -0.497 e. The van der Waals surface area contributed by atoms with Crippen LogP contribution in [0, 0.1) is 5.92 Å². The molecule has 0 aromatic heterocycles. The van der Waals surface area contributed by atoms with Gasteiger partial charge in [0.05, 0.1) is 12.6 Å². The summed E-state index contributed by atoms with van der Waals surface area (Å²) < 4.78 is 5.10. The van der Waals surface area contributed by atoms with Crippen LogP contribution in [0.3, 0.4) is 0 Å². The van der Waals surface area contributed by atoms with Crippen LogP contribution in [0.2, 0.25) is 0 Å². The van der Waals surface area contributed by atoms with Gasteiger partial charge >= 0.3 is 0 Å². The first-order chi connectivity index (χ1) is 5.50. The van der Waals surface area contributed by atoms with Crippen molar-refractivity contribution in [2.24, 2.45) is 11.7 Å². The van der Waals surface area contributed by atoms with E-state index in [1.165, 1.54) is 6.92 Å². The molecule has 0 aromatic rings. The molecule has 0 aliphatic heterocycles. The van der Waals surface area contributed by atoms with E-state index in [0.717, 1.165) is 0 Å². The Morgan fingerprint density at radius 3 is 2.50 bits per heavy atom. The van der Waals surface area contributed by atoms with Crippen LogP contribution in [0.15, 0.2) is 12.3 Å². The number of carbonyl (C=O) groups excluding carboxylic acids is 1. The summed E-state index contributed by atoms with van der Waals surface area (Å²) in [4.78, 5) is 10.9. The summed E-state index contributed by atoms with van der Waals surface area (Å²) in [6.07, 6.45) is 0. The molecule has 0 bridgehead atoms. The number of Topliss-reactive ketones (excluding diaryl/α,β-unsaturated/α-hetero) is 1. The van der Waals surface area contributed by atoms with Crippen molar-refractivity contribution in [2.75, 3.05) is 6.61 Å². The minimum absolute atomic E-state index is 0.0587. The molecule has 0 saturated heterocycles. The third-order valence-corrected chi connectivity index (χ3v) is 1.88. The van der Waals surface area contributed by atoms with Crippen LogP contribution >= 0.6 is 0 Å². The normalized spacial score (nSPS) is 15.0. The van der Waals surface area contributed by atoms with Crippen molar-refractivity contribution in [3.63, 3.8) is 0 Å². The van der Waals surface area contributed by atoms with Crippen LogP contribution in [0.1, 0.15) is 20.8 Å². The molecule has 0 heterocycles. The topological polar surface area (TPSA) is 52.3 Å². The third-order valence-electron chi connectivity index (χ3n) is 1.88. The van der Waals surface area contributed by atoms with Crippen molar-refractivity contribution in [2.45, 2.75) is 26.8 Å². The van der Waals surface area contributed by atoms with Crippen LogP contribution in [-0.4, -0.2) is 18.4 Å². The van der Waals surface area contributed by atoms with Gasteiger partial charge in [-0.1, -0.05) is 13.5 Å². The standard InChI is InChI=1S/C9H17NO2/c1-5-12-8(4)9(10)6(2)7(3)11/h6,9H,4-5,10H2,1-3H3/t6-,9-/m0/s1. The maximum atomic E-state index is 10.9. The van der Waals surface area contributed by atoms with E-state index in [-0.39, 0.29) is 17.7 Å². The van der Waals surface area contributed by atoms with Gasteiger partial charge < -0.3 is 10.5 Å². The molecule has 0 radical (unpaired) electrons. The predicted octanol–water partition coefficient (Wildman–Crippen LogP) is 1.09. The van der Waals surface area contributed by atoms with Gasteiger partial charge in [0, 0.05) is 5.92 Å². The molecule has 0 rings (SSSR count). The van der Waals surface area contributed by atoms with Gasteiger partial charge in [-0.05, 0) is 13.8 Å². The van der Waals surface area contributed by atoms with Gasteiger partial charge in [0.2, 0.25) is 0 Å². The van der Waals surface area contributed by atoms with E-state index in [1.807, 2.05) is 6.92 Å². The number of carbonyl (C=O) groups is 1. The molecule has 0 spiro atoms. The Hall–Kier alpha value is -0.830. The van der Waals surface area contributed by atoms with Gasteiger partial charge in [-0.15, -0.1) is 0 Å². The summed E-state index contributed by atoms with van der Waals surface area (Å²) in [7, 11) is 0. The smallest absolute Gasteiger partial charge is 0.134 e. The highest BCUT2D eigenvalue weighted by Gasteiger charge is 2.20. The van der Waals surface area contributed by atoms with Crippen molar-refractivity contribution in [1.29, 1.82) is 0 Å². The van der Waals surface area contributed by atoms with Gasteiger partial charge in [0.25, 0.3) is 0 Å². The molecular weight excluding hydrogens is 154 g/mol. The lowest BCUT2D eigenvalue weighted by molar-refractivity contribution is -0.120. The van der Waals surface area contributed by atoms with Crippen LogP contribution in [0.4, 0.5) is 0 Å². The summed E-state index contributed by atoms with van der Waals surface area (Å²) in [5, 5.41) is 0. The summed E-state index contributed by atoms with van der Waals surface area (Å²) in [5.41, 5.74) is 5.70. The minimum atomic E-state index is -0.387. The summed E-state index contributed by atoms with van der Waals surface area (Å²) in [5.74, 6) is 0.326. The van der Waals surface area contributed by atoms with Gasteiger partial charge in [-0.3, -0.25) is 4.79 Å². The molecule has 0 aliphatic carbocycles. The number of hydrogen-bond acceptors (Lipinski definition) is 3. The highest BCUT2D eigenvalue weighted by molar-refractivity contribution is 5.79. The monoisotopic (exact) mass is 171 g/mol. The average Bonchev–Trinajstić information content (AvgIpc) is 2.02. The fourth-order valence-corrected chi connectivity index (χ4v) is 0.813. The second kappa shape index (κ2) is 4.93. The van der Waals surface area contributed by atoms with Crippen molar-refractivity contribution in [1.82, 2.24) is 0 Å². The van der Waals surface area contributed by atoms with E-state index >= 15 is 0 Å². The molecule has 0 saturated carbocycles. The van der Waals surface area contributed by atoms with Crippen molar-refractivity contribution < 1.29 is 9.53 Å². The zero-order chi connectivity index (χ0) is 9.72. The van der Waals surface area contributed by atoms with E-state index < -0.39 is 0 Å². The second-order valence-corrected chi connectivity index (χ2v) is 2.82. The Balaban J connectivity index is 4.09. The Morgan fingerprint density at radius 1 is 1.67 bits per heavy atom. The maximum Gasteiger partial charge on any atom is 0.134 e. The first kappa shape index (κ1) is 11.2. The maximum absolute atomic E-state index is 10.9. The van der Waals surface area contributed by atoms with Crippen molar-refractivity contribution in [3.05, 3.63) is 12.3 Å². The van der Waals surface area contributed by atoms with E-state index in [1.54, 1.807) is 6.92 Å². The van der Waals surface area contributed by atoms with E-state index in [2.05, 4.69) is 6.58 Å². The highest BCUT2D eigenvalue weighted by atomic mass is 16.5. The molecule has 2 atom stereocenters. The molecule has 0 aliphatic rings. The quantitative estimate of drug-likeness (QED) is 0.630. The summed E-state index contributed by atoms with van der Waals surface area (Å²) in [6, 6.07) is -0.387. The number of rotatable bonds is 5. The lowest BCUT2D eigenvalue weighted by Gasteiger charge is -2.19. The molecular formula is C9H17NO2. The lowest BCUT2D eigenvalue weighted by Crippen LogP contribution is -2.34. The molecule has 3 nitrogen and oxygen atoms in total. The Morgan fingerprint density at radius 2 is 2.17 bits per heavy atom. The van der Waals surface area contributed by atoms with E-state index in [9.17, 15) is 4.79 Å². The molecule has 12 heavy (non-hydrogen) atoms. The molecule has 0 aromatic carbocycles. The molecule has 70 valence electrons. The zero-order valence-corrected chi connectivity index (χ0v) is 7.96. The molecule has 0 unspecified atom stereocenters. The molecule has 0 fully saturated rings. The highest BCUT2D eigenvalue weighted by Crippen LogP contribution is 2.10. The van der Waals surface area contributed by atoms with E-state index in [4.69, 9.17) is 10.5 Å². The van der Waals surface area contributed by atoms with Crippen LogP contribution < -0.4 is 5.73 Å². The van der Waals surface area contributed by atoms with Crippen LogP contribution in [0.25, 0.3) is 0 Å². The Bertz CT molecular complexity index is 177. The SMILES string of the molecule is C=C(OCC)[C@@H](N)[C@@H](C)C(C)=O. The first-order valence-electron chi connectivity index (χ1n) is 4.08. The average molecular weight is 171 g/mol. The number of hydrogen-bond donors (Lipinski definition) is 1. The van der Waals surface area contributed by atoms with Gasteiger partial charge in [0.1, 0.15) is 11.5 Å². The van der Waals surface area contributed by atoms with Gasteiger partial charge in [-0.2, -0.15) is 0 Å². The van der Waals surface area contributed by atoms with Crippen LogP contribution in [-0.2, 0) is 9.53 Å². The predicted molar refractivity (Wildman–Crippen MR) is 48.6 cm³/mol. The third kappa shape index (κ3) is 3.05. The second-order valence-electron chi connectivity index (χ2n) is 2.82. The Labute approximate surface area is 73.6 Å². The summed E-state index contributed by atoms with van der Waals surface area (Å²) >= 11 is 0. The Kier molecular flexibility index (Phi) is 4.59.